The van der Waals surface area contributed by atoms with Crippen molar-refractivity contribution in [1.82, 2.24) is 4.98 Å². The molecule has 2 aliphatic rings. The maximum atomic E-state index is 14.3. The van der Waals surface area contributed by atoms with Crippen LogP contribution in [0.3, 0.4) is 0 Å². The number of hydrogen-bond donors (Lipinski definition) is 1. The van der Waals surface area contributed by atoms with E-state index in [1.807, 2.05) is 0 Å². The van der Waals surface area contributed by atoms with Gasteiger partial charge in [-0.1, -0.05) is 12.1 Å². The van der Waals surface area contributed by atoms with Gasteiger partial charge in [0.15, 0.2) is 0 Å². The van der Waals surface area contributed by atoms with Crippen molar-refractivity contribution in [2.75, 3.05) is 29.9 Å². The van der Waals surface area contributed by atoms with Crippen LogP contribution in [0.25, 0.3) is 0 Å². The van der Waals surface area contributed by atoms with Crippen LogP contribution in [0.1, 0.15) is 33.6 Å². The van der Waals surface area contributed by atoms with Crippen molar-refractivity contribution in [3.8, 4) is 0 Å². The number of benzene rings is 1. The number of fused-ring (bicyclic) bond motifs is 1. The maximum Gasteiger partial charge on any atom is 0.417 e. The highest BCUT2D eigenvalue weighted by molar-refractivity contribution is 6.03. The molecule has 2 fully saturated rings. The number of carbonyl (C=O) groups is 2. The van der Waals surface area contributed by atoms with Crippen LogP contribution in [0.5, 0.6) is 0 Å². The highest BCUT2D eigenvalue weighted by atomic mass is 19.4. The third kappa shape index (κ3) is 3.69. The van der Waals surface area contributed by atoms with Gasteiger partial charge in [0.25, 0.3) is 5.91 Å². The fraction of sp³-hybridized carbons (Fsp3) is 0.435. The van der Waals surface area contributed by atoms with Gasteiger partial charge in [0.05, 0.1) is 16.5 Å². The normalized spacial score (nSPS) is 23.7. The van der Waals surface area contributed by atoms with Crippen LogP contribution in [0.2, 0.25) is 0 Å². The first-order chi connectivity index (χ1) is 16.0. The predicted molar refractivity (Wildman–Crippen MR) is 115 cm³/mol. The number of rotatable bonds is 4. The minimum absolute atomic E-state index is 0.156. The number of hydrogen-bond acceptors (Lipinski definition) is 4. The van der Waals surface area contributed by atoms with E-state index in [4.69, 9.17) is 5.73 Å². The van der Waals surface area contributed by atoms with Crippen molar-refractivity contribution in [1.29, 1.82) is 0 Å². The number of aromatic nitrogens is 1. The lowest BCUT2D eigenvalue weighted by Gasteiger charge is -2.27. The maximum absolute atomic E-state index is 14.3. The van der Waals surface area contributed by atoms with E-state index in [2.05, 4.69) is 4.98 Å². The highest BCUT2D eigenvalue weighted by Crippen LogP contribution is 2.75. The van der Waals surface area contributed by atoms with Crippen molar-refractivity contribution >= 4 is 23.3 Å². The quantitative estimate of drug-likeness (QED) is 0.638. The number of halogens is 6. The SMILES string of the molecule is Cc1cccc(N(C)C(=O)C23CN(c4nc(C)cc(C(F)(F)F)c4C(N)=O)CC2(C(F)(F)F)C3)c1. The van der Waals surface area contributed by atoms with Gasteiger partial charge in [0.2, 0.25) is 5.91 Å². The molecule has 4 rings (SSSR count). The zero-order valence-corrected chi connectivity index (χ0v) is 19.0. The molecule has 0 radical (unpaired) electrons. The minimum Gasteiger partial charge on any atom is -0.365 e. The standard InChI is InChI=1S/C23H22F6N4O2/c1-12-5-4-6-14(7-12)32(3)19(35)20-9-21(20,23(27,28)29)11-33(10-20)18-16(17(30)34)15(22(24,25)26)8-13(2)31-18/h4-8H,9-11H2,1-3H3,(H2,30,34). The number of carbonyl (C=O) groups excluding carboxylic acids is 2. The Kier molecular flexibility index (Phi) is 5.38. The number of alkyl halides is 6. The van der Waals surface area contributed by atoms with E-state index in [9.17, 15) is 35.9 Å². The second kappa shape index (κ2) is 7.59. The second-order valence-electron chi connectivity index (χ2n) is 9.27. The van der Waals surface area contributed by atoms with Gasteiger partial charge < -0.3 is 15.5 Å². The number of anilines is 2. The first-order valence-corrected chi connectivity index (χ1v) is 10.6. The Hall–Kier alpha value is -3.31. The van der Waals surface area contributed by atoms with Gasteiger partial charge in [-0.2, -0.15) is 26.3 Å². The van der Waals surface area contributed by atoms with E-state index in [0.29, 0.717) is 11.8 Å². The average Bonchev–Trinajstić information content (AvgIpc) is 3.28. The molecule has 1 aliphatic carbocycles. The predicted octanol–water partition coefficient (Wildman–Crippen LogP) is 4.24. The summed E-state index contributed by atoms with van der Waals surface area (Å²) < 4.78 is 83.9. The van der Waals surface area contributed by atoms with Gasteiger partial charge in [0.1, 0.15) is 11.2 Å². The largest absolute Gasteiger partial charge is 0.417 e. The highest BCUT2D eigenvalue weighted by Gasteiger charge is 2.86. The zero-order chi connectivity index (χ0) is 26.1. The fourth-order valence-electron chi connectivity index (χ4n) is 5.18. The van der Waals surface area contributed by atoms with E-state index >= 15 is 0 Å². The molecule has 12 heteroatoms. The molecule has 2 atom stereocenters. The van der Waals surface area contributed by atoms with Crippen LogP contribution in [-0.4, -0.2) is 43.1 Å². The Labute approximate surface area is 196 Å². The van der Waals surface area contributed by atoms with Gasteiger partial charge in [-0.3, -0.25) is 9.59 Å². The Morgan fingerprint density at radius 2 is 1.74 bits per heavy atom. The number of piperidine rings is 1. The molecule has 1 saturated heterocycles. The summed E-state index contributed by atoms with van der Waals surface area (Å²) in [5.41, 5.74) is -0.590. The van der Waals surface area contributed by atoms with E-state index < -0.39 is 71.5 Å². The lowest BCUT2D eigenvalue weighted by atomic mass is 9.94. The lowest BCUT2D eigenvalue weighted by molar-refractivity contribution is -0.191. The number of aryl methyl sites for hydroxylation is 2. The first-order valence-electron chi connectivity index (χ1n) is 10.6. The van der Waals surface area contributed by atoms with E-state index in [1.54, 1.807) is 31.2 Å². The molecule has 1 aromatic carbocycles. The molecule has 1 saturated carbocycles. The van der Waals surface area contributed by atoms with Gasteiger partial charge in [-0.05, 0) is 44.0 Å². The van der Waals surface area contributed by atoms with Gasteiger partial charge in [-0.25, -0.2) is 4.98 Å². The Balaban J connectivity index is 1.81. The molecule has 2 aromatic rings. The van der Waals surface area contributed by atoms with Crippen molar-refractivity contribution < 1.29 is 35.9 Å². The molecule has 1 aromatic heterocycles. The van der Waals surface area contributed by atoms with Crippen molar-refractivity contribution in [2.45, 2.75) is 32.6 Å². The van der Waals surface area contributed by atoms with Crippen LogP contribution >= 0.6 is 0 Å². The van der Waals surface area contributed by atoms with Crippen LogP contribution in [0, 0.1) is 24.7 Å². The number of nitrogens with zero attached hydrogens (tertiary/aromatic N) is 3. The summed E-state index contributed by atoms with van der Waals surface area (Å²) in [4.78, 5) is 31.5. The van der Waals surface area contributed by atoms with Crippen LogP contribution in [0.15, 0.2) is 30.3 Å². The second-order valence-corrected chi connectivity index (χ2v) is 9.27. The van der Waals surface area contributed by atoms with Crippen LogP contribution in [0.4, 0.5) is 37.8 Å². The van der Waals surface area contributed by atoms with Crippen molar-refractivity contribution in [3.05, 3.63) is 52.7 Å². The minimum atomic E-state index is -4.99. The van der Waals surface area contributed by atoms with E-state index in [-0.39, 0.29) is 5.69 Å². The van der Waals surface area contributed by atoms with Crippen molar-refractivity contribution in [3.63, 3.8) is 0 Å². The Morgan fingerprint density at radius 1 is 1.09 bits per heavy atom. The summed E-state index contributed by atoms with van der Waals surface area (Å²) in [7, 11) is 1.36. The van der Waals surface area contributed by atoms with Crippen LogP contribution < -0.4 is 15.5 Å². The molecule has 0 spiro atoms. The summed E-state index contributed by atoms with van der Waals surface area (Å²) >= 11 is 0. The molecule has 6 nitrogen and oxygen atoms in total. The van der Waals surface area contributed by atoms with Crippen LogP contribution in [-0.2, 0) is 11.0 Å². The Morgan fingerprint density at radius 3 is 2.29 bits per heavy atom. The van der Waals surface area contributed by atoms with Crippen molar-refractivity contribution in [2.24, 2.45) is 16.6 Å². The average molecular weight is 500 g/mol. The summed E-state index contributed by atoms with van der Waals surface area (Å²) in [6.45, 7) is 1.61. The molecule has 2 amide bonds. The van der Waals surface area contributed by atoms with Gasteiger partial charge >= 0.3 is 12.4 Å². The Bertz CT molecular complexity index is 1230. The summed E-state index contributed by atoms with van der Waals surface area (Å²) in [6, 6.07) is 7.26. The topological polar surface area (TPSA) is 79.5 Å². The third-order valence-corrected chi connectivity index (χ3v) is 6.94. The number of pyridine rings is 1. The number of amides is 2. The molecule has 188 valence electrons. The summed E-state index contributed by atoms with van der Waals surface area (Å²) in [6.07, 6.45) is -10.3. The van der Waals surface area contributed by atoms with Gasteiger partial charge in [0, 0.05) is 31.5 Å². The summed E-state index contributed by atoms with van der Waals surface area (Å²) in [5.74, 6) is -2.89. The molecular formula is C23H22F6N4O2. The van der Waals surface area contributed by atoms with E-state index in [0.717, 1.165) is 15.4 Å². The third-order valence-electron chi connectivity index (χ3n) is 6.94. The zero-order valence-electron chi connectivity index (χ0n) is 19.0. The molecule has 1 aliphatic heterocycles. The molecule has 35 heavy (non-hydrogen) atoms. The van der Waals surface area contributed by atoms with E-state index in [1.165, 1.54) is 14.0 Å². The monoisotopic (exact) mass is 500 g/mol. The molecular weight excluding hydrogens is 478 g/mol. The summed E-state index contributed by atoms with van der Waals surface area (Å²) in [5, 5.41) is 0. The number of nitrogens with two attached hydrogens (primary N) is 1. The molecule has 0 bridgehead atoms. The molecule has 2 N–H and O–H groups in total. The number of primary amides is 1. The van der Waals surface area contributed by atoms with Gasteiger partial charge in [-0.15, -0.1) is 0 Å². The molecule has 2 heterocycles. The fourth-order valence-corrected chi connectivity index (χ4v) is 5.18. The first kappa shape index (κ1) is 24.8. The smallest absolute Gasteiger partial charge is 0.365 e. The molecule has 2 unspecified atom stereocenters. The lowest BCUT2D eigenvalue weighted by Crippen LogP contribution is -2.41.